The second-order valence-electron chi connectivity index (χ2n) is 2.63. The minimum Gasteiger partial charge on any atom is -0.351 e. The number of ketones is 1. The van der Waals surface area contributed by atoms with Gasteiger partial charge in [-0.15, -0.1) is 0 Å². The van der Waals surface area contributed by atoms with Crippen LogP contribution in [0.1, 0.15) is 45.0 Å². The van der Waals surface area contributed by atoms with E-state index < -0.39 is 6.03 Å². The average Bonchev–Trinajstić information content (AvgIpc) is 2.33. The van der Waals surface area contributed by atoms with Gasteiger partial charge in [-0.05, 0) is 19.1 Å². The molecule has 0 unspecified atom stereocenters. The molecular weight excluding hydrogens is 216 g/mol. The van der Waals surface area contributed by atoms with Gasteiger partial charge in [0.2, 0.25) is 0 Å². The Hall–Kier alpha value is -1.84. The summed E-state index contributed by atoms with van der Waals surface area (Å²) in [4.78, 5) is 21.4. The highest BCUT2D eigenvalue weighted by molar-refractivity contribution is 5.96. The zero-order valence-electron chi connectivity index (χ0n) is 11.2. The molecule has 0 aliphatic heterocycles. The van der Waals surface area contributed by atoms with Crippen molar-refractivity contribution < 1.29 is 9.59 Å². The van der Waals surface area contributed by atoms with Crippen molar-refractivity contribution in [2.24, 2.45) is 5.73 Å². The zero-order valence-corrected chi connectivity index (χ0v) is 11.2. The molecule has 0 bridgehead atoms. The van der Waals surface area contributed by atoms with Crippen molar-refractivity contribution in [1.82, 2.24) is 0 Å². The minimum absolute atomic E-state index is 0.0480. The number of carbonyl (C=O) groups is 2. The maximum Gasteiger partial charge on any atom is 0.316 e. The molecule has 0 aliphatic rings. The molecule has 0 aromatic heterocycles. The summed E-state index contributed by atoms with van der Waals surface area (Å²) < 4.78 is 0. The first-order valence-electron chi connectivity index (χ1n) is 5.77. The number of Topliss-reactive ketones (excluding diaryl/α,β-unsaturated/α-hetero) is 1. The lowest BCUT2D eigenvalue weighted by molar-refractivity contribution is 0.101. The van der Waals surface area contributed by atoms with E-state index >= 15 is 0 Å². The molecule has 3 N–H and O–H groups in total. The standard InChI is InChI=1S/C9H10N2O2.2C2H6/c1-6(12)7-3-2-4-8(5-7)11-9(10)13;2*1-2/h2-5H,1H3,(H3,10,11,13);2*1-2H3. The normalized spacial score (nSPS) is 7.82. The largest absolute Gasteiger partial charge is 0.351 e. The molecule has 0 atom stereocenters. The van der Waals surface area contributed by atoms with Crippen molar-refractivity contribution in [3.8, 4) is 0 Å². The molecule has 96 valence electrons. The van der Waals surface area contributed by atoms with E-state index in [4.69, 9.17) is 5.73 Å². The van der Waals surface area contributed by atoms with Crippen LogP contribution in [0.5, 0.6) is 0 Å². The number of primary amides is 1. The number of amides is 2. The first-order valence-corrected chi connectivity index (χ1v) is 5.77. The van der Waals surface area contributed by atoms with Gasteiger partial charge in [-0.2, -0.15) is 0 Å². The predicted molar refractivity (Wildman–Crippen MR) is 72.3 cm³/mol. The molecule has 1 aromatic rings. The quantitative estimate of drug-likeness (QED) is 0.775. The molecule has 1 rings (SSSR count). The zero-order chi connectivity index (χ0) is 13.8. The van der Waals surface area contributed by atoms with Crippen LogP contribution in [-0.4, -0.2) is 11.8 Å². The summed E-state index contributed by atoms with van der Waals surface area (Å²) in [5, 5.41) is 2.39. The third-order valence-corrected chi connectivity index (χ3v) is 1.54. The number of urea groups is 1. The Morgan fingerprint density at radius 1 is 1.12 bits per heavy atom. The molecule has 4 heteroatoms. The van der Waals surface area contributed by atoms with E-state index in [1.165, 1.54) is 6.92 Å². The van der Waals surface area contributed by atoms with Gasteiger partial charge in [0.15, 0.2) is 5.78 Å². The topological polar surface area (TPSA) is 72.2 Å². The molecule has 1 aromatic carbocycles. The minimum atomic E-state index is -0.638. The number of rotatable bonds is 2. The van der Waals surface area contributed by atoms with Crippen molar-refractivity contribution in [2.75, 3.05) is 5.32 Å². The van der Waals surface area contributed by atoms with E-state index in [1.54, 1.807) is 24.3 Å². The van der Waals surface area contributed by atoms with Crippen LogP contribution in [0.15, 0.2) is 24.3 Å². The van der Waals surface area contributed by atoms with Crippen LogP contribution in [0.2, 0.25) is 0 Å². The molecule has 0 fully saturated rings. The lowest BCUT2D eigenvalue weighted by Crippen LogP contribution is -2.19. The van der Waals surface area contributed by atoms with Gasteiger partial charge < -0.3 is 11.1 Å². The first kappa shape index (κ1) is 17.6. The summed E-state index contributed by atoms with van der Waals surface area (Å²) in [5.41, 5.74) is 5.99. The van der Waals surface area contributed by atoms with E-state index in [-0.39, 0.29) is 5.78 Å². The molecule has 0 saturated heterocycles. The molecule has 2 amide bonds. The third kappa shape index (κ3) is 8.02. The van der Waals surface area contributed by atoms with Crippen molar-refractivity contribution in [2.45, 2.75) is 34.6 Å². The Bertz CT molecular complexity index is 349. The number of hydrogen-bond acceptors (Lipinski definition) is 2. The maximum atomic E-state index is 10.9. The van der Waals surface area contributed by atoms with Crippen LogP contribution in [0, 0.1) is 0 Å². The summed E-state index contributed by atoms with van der Waals surface area (Å²) in [6, 6.07) is 5.96. The highest BCUT2D eigenvalue weighted by atomic mass is 16.2. The molecule has 0 spiro atoms. The second kappa shape index (κ2) is 10.7. The molecule has 0 aliphatic carbocycles. The monoisotopic (exact) mass is 238 g/mol. The second-order valence-corrected chi connectivity index (χ2v) is 2.63. The summed E-state index contributed by atoms with van der Waals surface area (Å²) >= 11 is 0. The van der Waals surface area contributed by atoms with E-state index in [0.717, 1.165) is 0 Å². The van der Waals surface area contributed by atoms with Crippen LogP contribution in [0.3, 0.4) is 0 Å². The van der Waals surface area contributed by atoms with E-state index in [1.807, 2.05) is 27.7 Å². The van der Waals surface area contributed by atoms with Gasteiger partial charge in [0, 0.05) is 11.3 Å². The van der Waals surface area contributed by atoms with Gasteiger partial charge in [-0.3, -0.25) is 4.79 Å². The summed E-state index contributed by atoms with van der Waals surface area (Å²) in [7, 11) is 0. The van der Waals surface area contributed by atoms with Gasteiger partial charge >= 0.3 is 6.03 Å². The smallest absolute Gasteiger partial charge is 0.316 e. The molecule has 17 heavy (non-hydrogen) atoms. The number of nitrogens with one attached hydrogen (secondary N) is 1. The molecule has 0 heterocycles. The van der Waals surface area contributed by atoms with Gasteiger partial charge in [0.25, 0.3) is 0 Å². The van der Waals surface area contributed by atoms with Crippen molar-refractivity contribution in [1.29, 1.82) is 0 Å². The first-order chi connectivity index (χ1) is 8.09. The van der Waals surface area contributed by atoms with Crippen LogP contribution in [-0.2, 0) is 0 Å². The van der Waals surface area contributed by atoms with Crippen molar-refractivity contribution in [3.63, 3.8) is 0 Å². The Kier molecular flexibility index (Phi) is 11.0. The Labute approximate surface area is 103 Å². The van der Waals surface area contributed by atoms with Crippen LogP contribution < -0.4 is 11.1 Å². The third-order valence-electron chi connectivity index (χ3n) is 1.54. The van der Waals surface area contributed by atoms with Crippen LogP contribution in [0.4, 0.5) is 10.5 Å². The highest BCUT2D eigenvalue weighted by Crippen LogP contribution is 2.10. The van der Waals surface area contributed by atoms with Gasteiger partial charge in [-0.25, -0.2) is 4.79 Å². The highest BCUT2D eigenvalue weighted by Gasteiger charge is 2.00. The number of benzene rings is 1. The van der Waals surface area contributed by atoms with E-state index in [9.17, 15) is 9.59 Å². The molecule has 0 saturated carbocycles. The lowest BCUT2D eigenvalue weighted by Gasteiger charge is -2.02. The van der Waals surface area contributed by atoms with Gasteiger partial charge in [0.1, 0.15) is 0 Å². The summed E-state index contributed by atoms with van der Waals surface area (Å²) in [6.45, 7) is 9.46. The number of hydrogen-bond donors (Lipinski definition) is 2. The fourth-order valence-electron chi connectivity index (χ4n) is 0.958. The van der Waals surface area contributed by atoms with Gasteiger partial charge in [0.05, 0.1) is 0 Å². The number of anilines is 1. The SMILES string of the molecule is CC.CC.CC(=O)c1cccc(NC(N)=O)c1. The molecule has 4 nitrogen and oxygen atoms in total. The molecule has 0 radical (unpaired) electrons. The Balaban J connectivity index is 0. The van der Waals surface area contributed by atoms with Crippen molar-refractivity contribution in [3.05, 3.63) is 29.8 Å². The van der Waals surface area contributed by atoms with E-state index in [2.05, 4.69) is 5.32 Å². The predicted octanol–water partition coefficient (Wildman–Crippen LogP) is 3.43. The summed E-state index contributed by atoms with van der Waals surface area (Å²) in [6.07, 6.45) is 0. The van der Waals surface area contributed by atoms with Gasteiger partial charge in [-0.1, -0.05) is 39.8 Å². The number of carbonyl (C=O) groups excluding carboxylic acids is 2. The fourth-order valence-corrected chi connectivity index (χ4v) is 0.958. The maximum absolute atomic E-state index is 10.9. The van der Waals surface area contributed by atoms with Crippen LogP contribution in [0.25, 0.3) is 0 Å². The van der Waals surface area contributed by atoms with E-state index in [0.29, 0.717) is 11.3 Å². The average molecular weight is 238 g/mol. The Morgan fingerprint density at radius 3 is 2.06 bits per heavy atom. The van der Waals surface area contributed by atoms with Crippen LogP contribution >= 0.6 is 0 Å². The van der Waals surface area contributed by atoms with Crippen molar-refractivity contribution >= 4 is 17.5 Å². The summed E-state index contributed by atoms with van der Waals surface area (Å²) in [5.74, 6) is -0.0480. The Morgan fingerprint density at radius 2 is 1.65 bits per heavy atom. The fraction of sp³-hybridized carbons (Fsp3) is 0.385. The lowest BCUT2D eigenvalue weighted by atomic mass is 10.1. The number of nitrogens with two attached hydrogens (primary N) is 1. The molecular formula is C13H22N2O2.